The molecule has 0 amide bonds. The van der Waals surface area contributed by atoms with E-state index in [1.165, 1.54) is 44.2 Å². The molecule has 4 saturated carbocycles. The minimum Gasteiger partial charge on any atom is -0.324 e. The standard InChI is InChI=1S/C20H22BrN/c21-18-1-3-19(4-2-18)22-6-5-17(13-22)20-10-14-7-15(11-20)9-16(8-14)12-20/h1-6,13-16H,7-12H2. The summed E-state index contributed by atoms with van der Waals surface area (Å²) in [6.45, 7) is 0. The van der Waals surface area contributed by atoms with Gasteiger partial charge in [0.2, 0.25) is 0 Å². The monoisotopic (exact) mass is 355 g/mol. The van der Waals surface area contributed by atoms with Crippen molar-refractivity contribution in [2.24, 2.45) is 17.8 Å². The van der Waals surface area contributed by atoms with Crippen LogP contribution >= 0.6 is 15.9 Å². The van der Waals surface area contributed by atoms with Crippen LogP contribution in [0.2, 0.25) is 0 Å². The first-order chi connectivity index (χ1) is 10.7. The summed E-state index contributed by atoms with van der Waals surface area (Å²) in [6, 6.07) is 11.0. The fraction of sp³-hybridized carbons (Fsp3) is 0.500. The predicted molar refractivity (Wildman–Crippen MR) is 93.3 cm³/mol. The Balaban J connectivity index is 1.50. The van der Waals surface area contributed by atoms with Gasteiger partial charge in [-0.05, 0) is 97.6 Å². The number of rotatable bonds is 2. The van der Waals surface area contributed by atoms with Gasteiger partial charge in [0.15, 0.2) is 0 Å². The molecule has 1 aromatic carbocycles. The van der Waals surface area contributed by atoms with Crippen molar-refractivity contribution in [1.29, 1.82) is 0 Å². The highest BCUT2D eigenvalue weighted by atomic mass is 79.9. The second kappa shape index (κ2) is 4.74. The highest BCUT2D eigenvalue weighted by Gasteiger charge is 2.51. The summed E-state index contributed by atoms with van der Waals surface area (Å²) in [5, 5.41) is 0. The Morgan fingerprint density at radius 1 is 0.864 bits per heavy atom. The Kier molecular flexibility index (Phi) is 2.89. The first kappa shape index (κ1) is 13.4. The van der Waals surface area contributed by atoms with Gasteiger partial charge in [0.25, 0.3) is 0 Å². The molecule has 0 saturated heterocycles. The van der Waals surface area contributed by atoms with E-state index in [9.17, 15) is 0 Å². The van der Waals surface area contributed by atoms with Crippen LogP contribution in [0.1, 0.15) is 44.1 Å². The molecule has 2 aromatic rings. The molecule has 1 nitrogen and oxygen atoms in total. The lowest BCUT2D eigenvalue weighted by molar-refractivity contribution is -0.00515. The van der Waals surface area contributed by atoms with Crippen LogP contribution in [0.15, 0.2) is 47.2 Å². The third-order valence-electron chi connectivity index (χ3n) is 6.47. The number of nitrogens with zero attached hydrogens (tertiary/aromatic N) is 1. The van der Waals surface area contributed by atoms with Crippen molar-refractivity contribution in [2.45, 2.75) is 43.9 Å². The fourth-order valence-electron chi connectivity index (χ4n) is 5.95. The number of halogens is 1. The second-order valence-electron chi connectivity index (χ2n) is 7.98. The first-order valence-electron chi connectivity index (χ1n) is 8.65. The Bertz CT molecular complexity index is 661. The van der Waals surface area contributed by atoms with Crippen molar-refractivity contribution >= 4 is 15.9 Å². The van der Waals surface area contributed by atoms with E-state index in [2.05, 4.69) is 63.2 Å². The van der Waals surface area contributed by atoms with Gasteiger partial charge in [-0.1, -0.05) is 15.9 Å². The maximum absolute atomic E-state index is 3.52. The van der Waals surface area contributed by atoms with E-state index in [0.717, 1.165) is 22.2 Å². The van der Waals surface area contributed by atoms with Gasteiger partial charge in [0.05, 0.1) is 0 Å². The molecule has 6 rings (SSSR count). The Morgan fingerprint density at radius 3 is 2.05 bits per heavy atom. The highest BCUT2D eigenvalue weighted by molar-refractivity contribution is 9.10. The third kappa shape index (κ3) is 2.03. The molecule has 4 aliphatic rings. The van der Waals surface area contributed by atoms with E-state index in [1.54, 1.807) is 5.56 Å². The van der Waals surface area contributed by atoms with Crippen LogP contribution in [-0.2, 0) is 5.41 Å². The lowest BCUT2D eigenvalue weighted by Gasteiger charge is -2.56. The topological polar surface area (TPSA) is 4.93 Å². The largest absolute Gasteiger partial charge is 0.324 e. The summed E-state index contributed by atoms with van der Waals surface area (Å²) in [7, 11) is 0. The summed E-state index contributed by atoms with van der Waals surface area (Å²) in [4.78, 5) is 0. The summed E-state index contributed by atoms with van der Waals surface area (Å²) >= 11 is 3.52. The van der Waals surface area contributed by atoms with Crippen LogP contribution in [0.4, 0.5) is 0 Å². The minimum absolute atomic E-state index is 0.509. The van der Waals surface area contributed by atoms with Gasteiger partial charge < -0.3 is 4.57 Å². The van der Waals surface area contributed by atoms with Crippen LogP contribution < -0.4 is 0 Å². The van der Waals surface area contributed by atoms with Crippen molar-refractivity contribution in [3.05, 3.63) is 52.8 Å². The van der Waals surface area contributed by atoms with E-state index >= 15 is 0 Å². The summed E-state index contributed by atoms with van der Waals surface area (Å²) in [5.41, 5.74) is 3.38. The van der Waals surface area contributed by atoms with Crippen LogP contribution in [-0.4, -0.2) is 4.57 Å². The summed E-state index contributed by atoms with van der Waals surface area (Å²) in [5.74, 6) is 3.05. The molecule has 0 atom stereocenters. The molecule has 22 heavy (non-hydrogen) atoms. The molecule has 0 aliphatic heterocycles. The second-order valence-corrected chi connectivity index (χ2v) is 8.90. The summed E-state index contributed by atoms with van der Waals surface area (Å²) < 4.78 is 3.45. The molecule has 0 spiro atoms. The molecular formula is C20H22BrN. The van der Waals surface area contributed by atoms with Crippen molar-refractivity contribution in [3.63, 3.8) is 0 Å². The highest BCUT2D eigenvalue weighted by Crippen LogP contribution is 2.60. The van der Waals surface area contributed by atoms with Gasteiger partial charge in [0.1, 0.15) is 0 Å². The zero-order valence-electron chi connectivity index (χ0n) is 12.8. The summed E-state index contributed by atoms with van der Waals surface area (Å²) in [6.07, 6.45) is 13.6. The molecular weight excluding hydrogens is 334 g/mol. The van der Waals surface area contributed by atoms with Crippen molar-refractivity contribution in [2.75, 3.05) is 0 Å². The van der Waals surface area contributed by atoms with Gasteiger partial charge in [0, 0.05) is 22.6 Å². The lowest BCUT2D eigenvalue weighted by Crippen LogP contribution is -2.48. The molecule has 0 unspecified atom stereocenters. The molecule has 4 aliphatic carbocycles. The van der Waals surface area contributed by atoms with Crippen molar-refractivity contribution in [1.82, 2.24) is 4.57 Å². The predicted octanol–water partition coefficient (Wildman–Crippen LogP) is 5.71. The van der Waals surface area contributed by atoms with Crippen LogP contribution in [0, 0.1) is 17.8 Å². The number of hydrogen-bond acceptors (Lipinski definition) is 0. The van der Waals surface area contributed by atoms with E-state index in [1.807, 2.05) is 0 Å². The average molecular weight is 356 g/mol. The zero-order valence-corrected chi connectivity index (χ0v) is 14.4. The number of benzene rings is 1. The van der Waals surface area contributed by atoms with Gasteiger partial charge in [-0.3, -0.25) is 0 Å². The minimum atomic E-state index is 0.509. The Hall–Kier alpha value is -1.02. The average Bonchev–Trinajstić information content (AvgIpc) is 2.97. The van der Waals surface area contributed by atoms with E-state index in [4.69, 9.17) is 0 Å². The van der Waals surface area contributed by atoms with Crippen LogP contribution in [0.5, 0.6) is 0 Å². The van der Waals surface area contributed by atoms with Gasteiger partial charge in [-0.15, -0.1) is 0 Å². The molecule has 1 aromatic heterocycles. The number of hydrogen-bond donors (Lipinski definition) is 0. The fourth-order valence-corrected chi connectivity index (χ4v) is 6.21. The molecule has 0 radical (unpaired) electrons. The lowest BCUT2D eigenvalue weighted by atomic mass is 9.48. The third-order valence-corrected chi connectivity index (χ3v) is 7.00. The Labute approximate surface area is 140 Å². The smallest absolute Gasteiger partial charge is 0.0450 e. The van der Waals surface area contributed by atoms with Gasteiger partial charge in [-0.25, -0.2) is 0 Å². The van der Waals surface area contributed by atoms with Gasteiger partial charge >= 0.3 is 0 Å². The van der Waals surface area contributed by atoms with E-state index in [0.29, 0.717) is 5.41 Å². The van der Waals surface area contributed by atoms with Crippen LogP contribution in [0.3, 0.4) is 0 Å². The molecule has 4 fully saturated rings. The SMILES string of the molecule is Brc1ccc(-n2ccc(C34CC5CC(CC(C5)C3)C4)c2)cc1. The van der Waals surface area contributed by atoms with Gasteiger partial charge in [-0.2, -0.15) is 0 Å². The van der Waals surface area contributed by atoms with E-state index in [-0.39, 0.29) is 0 Å². The molecule has 0 N–H and O–H groups in total. The van der Waals surface area contributed by atoms with Crippen molar-refractivity contribution in [3.8, 4) is 5.69 Å². The normalized spacial score (nSPS) is 36.0. The first-order valence-corrected chi connectivity index (χ1v) is 9.44. The number of aromatic nitrogens is 1. The van der Waals surface area contributed by atoms with E-state index < -0.39 is 0 Å². The molecule has 2 heteroatoms. The van der Waals surface area contributed by atoms with Crippen molar-refractivity contribution < 1.29 is 0 Å². The van der Waals surface area contributed by atoms with Crippen LogP contribution in [0.25, 0.3) is 5.69 Å². The zero-order chi connectivity index (χ0) is 14.7. The molecule has 114 valence electrons. The molecule has 4 bridgehead atoms. The quantitative estimate of drug-likeness (QED) is 0.650. The Morgan fingerprint density at radius 2 is 1.45 bits per heavy atom. The maximum atomic E-state index is 3.52. The molecule has 1 heterocycles. The maximum Gasteiger partial charge on any atom is 0.0450 e.